The summed E-state index contributed by atoms with van der Waals surface area (Å²) >= 11 is 12.6. The van der Waals surface area contributed by atoms with Gasteiger partial charge in [0.1, 0.15) is 5.82 Å². The first-order valence-corrected chi connectivity index (χ1v) is 11.3. The van der Waals surface area contributed by atoms with Crippen molar-refractivity contribution in [1.29, 1.82) is 5.26 Å². The van der Waals surface area contributed by atoms with Crippen molar-refractivity contribution in [2.24, 2.45) is 11.1 Å². The van der Waals surface area contributed by atoms with Gasteiger partial charge in [-0.1, -0.05) is 60.8 Å². The Hall–Kier alpha value is -2.74. The number of carbonyl (C=O) groups excluding carboxylic acids is 1. The number of nitriles is 1. The summed E-state index contributed by atoms with van der Waals surface area (Å²) in [5.41, 5.74) is 12.0. The number of nitrogens with two attached hydrogens (primary N) is 1. The predicted octanol–water partition coefficient (Wildman–Crippen LogP) is 6.55. The maximum atomic E-state index is 13.6. The van der Waals surface area contributed by atoms with Crippen LogP contribution in [-0.2, 0) is 4.79 Å². The maximum Gasteiger partial charge on any atom is 0.162 e. The summed E-state index contributed by atoms with van der Waals surface area (Å²) in [6, 6.07) is 13.5. The van der Waals surface area contributed by atoms with Gasteiger partial charge in [-0.05, 0) is 55.0 Å². The van der Waals surface area contributed by atoms with E-state index in [1.54, 1.807) is 23.1 Å². The van der Waals surface area contributed by atoms with E-state index in [1.807, 2.05) is 26.0 Å². The molecule has 0 spiro atoms. The summed E-state index contributed by atoms with van der Waals surface area (Å²) < 4.78 is 0. The van der Waals surface area contributed by atoms with Crippen LogP contribution in [0.15, 0.2) is 59.1 Å². The zero-order valence-electron chi connectivity index (χ0n) is 18.6. The van der Waals surface area contributed by atoms with Crippen molar-refractivity contribution in [1.82, 2.24) is 0 Å². The third-order valence-corrected chi connectivity index (χ3v) is 6.66. The fraction of sp³-hybridized carbons (Fsp3) is 0.308. The van der Waals surface area contributed by atoms with Crippen LogP contribution in [-0.4, -0.2) is 5.78 Å². The van der Waals surface area contributed by atoms with Gasteiger partial charge in [-0.25, -0.2) is 0 Å². The SMILES string of the molecule is Cc1ccc(C2C(C#N)=C(N)N(c3cc(Cl)cc(Cl)c3)C3=C2C(=O)CC(C)(C)C3)c(C)c1. The highest BCUT2D eigenvalue weighted by molar-refractivity contribution is 6.35. The second-order valence-corrected chi connectivity index (χ2v) is 10.3. The lowest BCUT2D eigenvalue weighted by Crippen LogP contribution is -2.42. The average molecular weight is 466 g/mol. The second-order valence-electron chi connectivity index (χ2n) is 9.47. The fourth-order valence-corrected chi connectivity index (χ4v) is 5.45. The van der Waals surface area contributed by atoms with Crippen LogP contribution in [0.4, 0.5) is 5.69 Å². The summed E-state index contributed by atoms with van der Waals surface area (Å²) in [6.45, 7) is 8.18. The van der Waals surface area contributed by atoms with Gasteiger partial charge in [0.25, 0.3) is 0 Å². The van der Waals surface area contributed by atoms with Gasteiger partial charge in [-0.3, -0.25) is 9.69 Å². The first-order chi connectivity index (χ1) is 15.0. The third kappa shape index (κ3) is 3.81. The number of allylic oxidation sites excluding steroid dienone is 3. The highest BCUT2D eigenvalue weighted by Crippen LogP contribution is 2.51. The van der Waals surface area contributed by atoms with E-state index in [1.165, 1.54) is 0 Å². The number of carbonyl (C=O) groups is 1. The van der Waals surface area contributed by atoms with E-state index in [4.69, 9.17) is 28.9 Å². The molecule has 0 amide bonds. The number of halogens is 2. The zero-order chi connectivity index (χ0) is 23.4. The summed E-state index contributed by atoms with van der Waals surface area (Å²) in [5, 5.41) is 11.1. The van der Waals surface area contributed by atoms with Gasteiger partial charge in [0, 0.05) is 27.7 Å². The maximum absolute atomic E-state index is 13.6. The Morgan fingerprint density at radius 3 is 2.34 bits per heavy atom. The van der Waals surface area contributed by atoms with Crippen molar-refractivity contribution in [3.8, 4) is 6.07 Å². The molecular formula is C26H25Cl2N3O. The number of hydrogen-bond acceptors (Lipinski definition) is 4. The van der Waals surface area contributed by atoms with Crippen LogP contribution in [0.25, 0.3) is 0 Å². The lowest BCUT2D eigenvalue weighted by atomic mass is 9.68. The molecule has 2 N–H and O–H groups in total. The zero-order valence-corrected chi connectivity index (χ0v) is 20.1. The average Bonchev–Trinajstić information content (AvgIpc) is 2.65. The van der Waals surface area contributed by atoms with Gasteiger partial charge >= 0.3 is 0 Å². The standard InChI is InChI=1S/C26H25Cl2N3O/c1-14-5-6-19(15(2)7-14)23-20(13-29)25(30)31(18-9-16(27)8-17(28)10-18)21-11-26(3,4)12-22(32)24(21)23/h5-10,23H,11-12,30H2,1-4H3. The van der Waals surface area contributed by atoms with Crippen molar-refractivity contribution in [2.75, 3.05) is 4.90 Å². The molecule has 1 aliphatic heterocycles. The van der Waals surface area contributed by atoms with Crippen LogP contribution in [0.2, 0.25) is 10.0 Å². The molecule has 4 rings (SSSR count). The third-order valence-electron chi connectivity index (χ3n) is 6.22. The van der Waals surface area contributed by atoms with Gasteiger partial charge < -0.3 is 5.73 Å². The molecule has 2 aliphatic rings. The second kappa shape index (κ2) is 7.99. The van der Waals surface area contributed by atoms with E-state index in [9.17, 15) is 10.1 Å². The minimum Gasteiger partial charge on any atom is -0.384 e. The molecule has 164 valence electrons. The number of Topliss-reactive ketones (excluding diaryl/α,β-unsaturated/α-hetero) is 1. The number of anilines is 1. The van der Waals surface area contributed by atoms with E-state index in [-0.39, 0.29) is 11.2 Å². The molecule has 0 saturated heterocycles. The monoisotopic (exact) mass is 465 g/mol. The van der Waals surface area contributed by atoms with Gasteiger partial charge in [-0.15, -0.1) is 0 Å². The van der Waals surface area contributed by atoms with Crippen LogP contribution in [0.1, 0.15) is 49.3 Å². The Morgan fingerprint density at radius 1 is 1.09 bits per heavy atom. The Labute approximate surface area is 198 Å². The van der Waals surface area contributed by atoms with Crippen molar-refractivity contribution in [3.63, 3.8) is 0 Å². The first-order valence-electron chi connectivity index (χ1n) is 10.5. The lowest BCUT2D eigenvalue weighted by molar-refractivity contribution is -0.118. The number of nitrogens with zero attached hydrogens (tertiary/aromatic N) is 2. The number of aryl methyl sites for hydroxylation is 2. The van der Waals surface area contributed by atoms with E-state index in [2.05, 4.69) is 26.0 Å². The van der Waals surface area contributed by atoms with Gasteiger partial charge in [0.05, 0.1) is 23.2 Å². The Bertz CT molecular complexity index is 1230. The molecule has 1 atom stereocenters. The van der Waals surface area contributed by atoms with Crippen molar-refractivity contribution in [3.05, 3.63) is 85.8 Å². The fourth-order valence-electron chi connectivity index (χ4n) is 4.93. The number of benzene rings is 2. The smallest absolute Gasteiger partial charge is 0.162 e. The summed E-state index contributed by atoms with van der Waals surface area (Å²) in [4.78, 5) is 15.4. The van der Waals surface area contributed by atoms with Crippen molar-refractivity contribution in [2.45, 2.75) is 46.5 Å². The Balaban J connectivity index is 2.04. The highest BCUT2D eigenvalue weighted by Gasteiger charge is 2.45. The van der Waals surface area contributed by atoms with E-state index < -0.39 is 5.92 Å². The molecule has 2 aromatic rings. The van der Waals surface area contributed by atoms with E-state index in [0.717, 1.165) is 22.4 Å². The first kappa shape index (κ1) is 22.5. The molecule has 0 radical (unpaired) electrons. The van der Waals surface area contributed by atoms with E-state index in [0.29, 0.717) is 45.5 Å². The highest BCUT2D eigenvalue weighted by atomic mass is 35.5. The van der Waals surface area contributed by atoms with Gasteiger partial charge in [0.15, 0.2) is 5.78 Å². The van der Waals surface area contributed by atoms with Crippen LogP contribution < -0.4 is 10.6 Å². The molecule has 1 aliphatic carbocycles. The van der Waals surface area contributed by atoms with Crippen LogP contribution in [0, 0.1) is 30.6 Å². The molecule has 4 nitrogen and oxygen atoms in total. The molecule has 0 fully saturated rings. The van der Waals surface area contributed by atoms with Crippen LogP contribution in [0.5, 0.6) is 0 Å². The summed E-state index contributed by atoms with van der Waals surface area (Å²) in [7, 11) is 0. The van der Waals surface area contributed by atoms with Gasteiger partial charge in [-0.2, -0.15) is 5.26 Å². The quantitative estimate of drug-likeness (QED) is 0.545. The molecule has 6 heteroatoms. The van der Waals surface area contributed by atoms with E-state index >= 15 is 0 Å². The van der Waals surface area contributed by atoms with Crippen molar-refractivity contribution < 1.29 is 4.79 Å². The Morgan fingerprint density at radius 2 is 1.75 bits per heavy atom. The normalized spacial score (nSPS) is 20.3. The minimum atomic E-state index is -0.495. The number of ketones is 1. The topological polar surface area (TPSA) is 70.1 Å². The predicted molar refractivity (Wildman–Crippen MR) is 129 cm³/mol. The molecule has 0 aromatic heterocycles. The molecule has 0 saturated carbocycles. The summed E-state index contributed by atoms with van der Waals surface area (Å²) in [5.74, 6) is -0.148. The number of hydrogen-bond donors (Lipinski definition) is 1. The lowest BCUT2D eigenvalue weighted by Gasteiger charge is -2.44. The molecule has 2 aromatic carbocycles. The molecule has 1 unspecified atom stereocenters. The molecule has 1 heterocycles. The van der Waals surface area contributed by atoms with Crippen molar-refractivity contribution >= 4 is 34.7 Å². The number of rotatable bonds is 2. The molecule has 0 bridgehead atoms. The molecule has 32 heavy (non-hydrogen) atoms. The van der Waals surface area contributed by atoms with Gasteiger partial charge in [0.2, 0.25) is 0 Å². The minimum absolute atomic E-state index is 0.0413. The van der Waals surface area contributed by atoms with Crippen LogP contribution in [0.3, 0.4) is 0 Å². The largest absolute Gasteiger partial charge is 0.384 e. The summed E-state index contributed by atoms with van der Waals surface area (Å²) in [6.07, 6.45) is 1.05. The van der Waals surface area contributed by atoms with Crippen LogP contribution >= 0.6 is 23.2 Å². The Kier molecular flexibility index (Phi) is 5.61. The molecular weight excluding hydrogens is 441 g/mol.